The first-order chi connectivity index (χ1) is 7.53. The fraction of sp³-hybridized carbons (Fsp3) is 0.462. The van der Waals surface area contributed by atoms with Crippen molar-refractivity contribution in [2.75, 3.05) is 7.11 Å². The highest BCUT2D eigenvalue weighted by molar-refractivity contribution is 5.96. The SMILES string of the molecule is COc1ccc(C(=O)CC2CC2(C)O)cc1. The summed E-state index contributed by atoms with van der Waals surface area (Å²) in [5.41, 5.74) is 0.0609. The van der Waals surface area contributed by atoms with Crippen molar-refractivity contribution >= 4 is 5.78 Å². The third-order valence-electron chi connectivity index (χ3n) is 3.22. The van der Waals surface area contributed by atoms with E-state index in [4.69, 9.17) is 4.74 Å². The number of aliphatic hydroxyl groups is 1. The van der Waals surface area contributed by atoms with Crippen molar-refractivity contribution < 1.29 is 14.6 Å². The van der Waals surface area contributed by atoms with E-state index in [0.717, 1.165) is 12.2 Å². The van der Waals surface area contributed by atoms with E-state index in [1.807, 2.05) is 0 Å². The second kappa shape index (κ2) is 3.91. The van der Waals surface area contributed by atoms with Crippen molar-refractivity contribution in [3.05, 3.63) is 29.8 Å². The quantitative estimate of drug-likeness (QED) is 0.790. The first kappa shape index (κ1) is 11.1. The molecule has 16 heavy (non-hydrogen) atoms. The molecule has 2 rings (SSSR count). The predicted molar refractivity (Wildman–Crippen MR) is 60.7 cm³/mol. The number of Topliss-reactive ketones (excluding diaryl/α,β-unsaturated/α-hetero) is 1. The molecule has 2 unspecified atom stereocenters. The van der Waals surface area contributed by atoms with Crippen molar-refractivity contribution in [1.29, 1.82) is 0 Å². The number of methoxy groups -OCH3 is 1. The molecule has 0 bridgehead atoms. The molecule has 0 saturated heterocycles. The number of carbonyl (C=O) groups is 1. The van der Waals surface area contributed by atoms with Crippen LogP contribution in [0.1, 0.15) is 30.1 Å². The second-order valence-corrected chi connectivity index (χ2v) is 4.61. The van der Waals surface area contributed by atoms with Crippen molar-refractivity contribution in [3.8, 4) is 5.75 Å². The van der Waals surface area contributed by atoms with Gasteiger partial charge < -0.3 is 9.84 Å². The number of ketones is 1. The van der Waals surface area contributed by atoms with Crippen LogP contribution in [0.4, 0.5) is 0 Å². The lowest BCUT2D eigenvalue weighted by atomic mass is 10.0. The average molecular weight is 220 g/mol. The molecule has 86 valence electrons. The summed E-state index contributed by atoms with van der Waals surface area (Å²) in [6.45, 7) is 1.78. The molecule has 0 heterocycles. The van der Waals surface area contributed by atoms with Gasteiger partial charge in [0.1, 0.15) is 5.75 Å². The van der Waals surface area contributed by atoms with Gasteiger partial charge in [0.2, 0.25) is 0 Å². The molecule has 1 aliphatic rings. The van der Waals surface area contributed by atoms with Gasteiger partial charge in [0.25, 0.3) is 0 Å². The molecular formula is C13H16O3. The number of carbonyl (C=O) groups excluding carboxylic acids is 1. The predicted octanol–water partition coefficient (Wildman–Crippen LogP) is 2.04. The van der Waals surface area contributed by atoms with Crippen molar-refractivity contribution in [2.24, 2.45) is 5.92 Å². The molecular weight excluding hydrogens is 204 g/mol. The highest BCUT2D eigenvalue weighted by Crippen LogP contribution is 2.45. The molecule has 1 aromatic carbocycles. The summed E-state index contributed by atoms with van der Waals surface area (Å²) in [6.07, 6.45) is 1.16. The van der Waals surface area contributed by atoms with Crippen LogP contribution in [0.3, 0.4) is 0 Å². The number of hydrogen-bond donors (Lipinski definition) is 1. The van der Waals surface area contributed by atoms with Crippen LogP contribution in [0.25, 0.3) is 0 Å². The summed E-state index contributed by atoms with van der Waals surface area (Å²) in [7, 11) is 1.60. The van der Waals surface area contributed by atoms with Gasteiger partial charge >= 0.3 is 0 Å². The van der Waals surface area contributed by atoms with Gasteiger partial charge in [-0.3, -0.25) is 4.79 Å². The Kier molecular flexibility index (Phi) is 2.72. The third kappa shape index (κ3) is 2.25. The van der Waals surface area contributed by atoms with E-state index in [1.165, 1.54) is 0 Å². The summed E-state index contributed by atoms with van der Waals surface area (Å²) in [5, 5.41) is 9.60. The van der Waals surface area contributed by atoms with E-state index < -0.39 is 5.60 Å². The van der Waals surface area contributed by atoms with E-state index >= 15 is 0 Å². The largest absolute Gasteiger partial charge is 0.497 e. The molecule has 0 spiro atoms. The van der Waals surface area contributed by atoms with E-state index in [2.05, 4.69) is 0 Å². The molecule has 0 aromatic heterocycles. The van der Waals surface area contributed by atoms with Crippen LogP contribution in [0, 0.1) is 5.92 Å². The van der Waals surface area contributed by atoms with Gasteiger partial charge in [-0.05, 0) is 43.5 Å². The van der Waals surface area contributed by atoms with Crippen LogP contribution >= 0.6 is 0 Å². The minimum atomic E-state index is -0.623. The lowest BCUT2D eigenvalue weighted by Crippen LogP contribution is -2.08. The topological polar surface area (TPSA) is 46.5 Å². The zero-order valence-corrected chi connectivity index (χ0v) is 9.56. The zero-order chi connectivity index (χ0) is 11.8. The molecule has 3 heteroatoms. The third-order valence-corrected chi connectivity index (χ3v) is 3.22. The van der Waals surface area contributed by atoms with Crippen LogP contribution < -0.4 is 4.74 Å². The molecule has 1 N–H and O–H groups in total. The minimum Gasteiger partial charge on any atom is -0.497 e. The number of rotatable bonds is 4. The molecule has 1 saturated carbocycles. The minimum absolute atomic E-state index is 0.0884. The number of hydrogen-bond acceptors (Lipinski definition) is 3. The fourth-order valence-electron chi connectivity index (χ4n) is 1.85. The van der Waals surface area contributed by atoms with E-state index in [0.29, 0.717) is 12.0 Å². The summed E-state index contributed by atoms with van der Waals surface area (Å²) in [4.78, 5) is 11.8. The Bertz CT molecular complexity index is 392. The Morgan fingerprint density at radius 2 is 2.06 bits per heavy atom. The second-order valence-electron chi connectivity index (χ2n) is 4.61. The van der Waals surface area contributed by atoms with Crippen molar-refractivity contribution in [3.63, 3.8) is 0 Å². The summed E-state index contributed by atoms with van der Waals surface area (Å²) >= 11 is 0. The Labute approximate surface area is 95.0 Å². The van der Waals surface area contributed by atoms with Crippen LogP contribution in [0.2, 0.25) is 0 Å². The van der Waals surface area contributed by atoms with Crippen molar-refractivity contribution in [1.82, 2.24) is 0 Å². The normalized spacial score (nSPS) is 27.6. The Hall–Kier alpha value is -1.35. The monoisotopic (exact) mass is 220 g/mol. The van der Waals surface area contributed by atoms with Crippen LogP contribution in [0.5, 0.6) is 5.75 Å². The molecule has 1 aromatic rings. The molecule has 3 nitrogen and oxygen atoms in total. The van der Waals surface area contributed by atoms with Gasteiger partial charge in [0.05, 0.1) is 12.7 Å². The Morgan fingerprint density at radius 1 is 1.50 bits per heavy atom. The number of benzene rings is 1. The summed E-state index contributed by atoms with van der Waals surface area (Å²) in [6, 6.07) is 7.08. The highest BCUT2D eigenvalue weighted by Gasteiger charge is 2.49. The molecule has 0 aliphatic heterocycles. The van der Waals surface area contributed by atoms with Gasteiger partial charge in [-0.2, -0.15) is 0 Å². The maximum Gasteiger partial charge on any atom is 0.163 e. The van der Waals surface area contributed by atoms with E-state index in [9.17, 15) is 9.90 Å². The van der Waals surface area contributed by atoms with Crippen molar-refractivity contribution in [2.45, 2.75) is 25.4 Å². The highest BCUT2D eigenvalue weighted by atomic mass is 16.5. The van der Waals surface area contributed by atoms with Gasteiger partial charge in [0.15, 0.2) is 5.78 Å². The molecule has 1 fully saturated rings. The number of ether oxygens (including phenoxy) is 1. The van der Waals surface area contributed by atoms with Crippen LogP contribution in [-0.2, 0) is 0 Å². The first-order valence-corrected chi connectivity index (χ1v) is 5.42. The van der Waals surface area contributed by atoms with Gasteiger partial charge in [-0.15, -0.1) is 0 Å². The summed E-state index contributed by atoms with van der Waals surface area (Å²) < 4.78 is 5.02. The lowest BCUT2D eigenvalue weighted by Gasteiger charge is -2.04. The molecule has 0 amide bonds. The zero-order valence-electron chi connectivity index (χ0n) is 9.56. The van der Waals surface area contributed by atoms with Gasteiger partial charge in [-0.25, -0.2) is 0 Å². The van der Waals surface area contributed by atoms with Crippen LogP contribution in [-0.4, -0.2) is 23.6 Å². The Balaban J connectivity index is 1.99. The average Bonchev–Trinajstić information content (AvgIpc) is 2.86. The molecule has 1 aliphatic carbocycles. The maximum atomic E-state index is 11.8. The van der Waals surface area contributed by atoms with E-state index in [-0.39, 0.29) is 11.7 Å². The molecule has 2 atom stereocenters. The Morgan fingerprint density at radius 3 is 2.50 bits per heavy atom. The van der Waals surface area contributed by atoms with Gasteiger partial charge in [-0.1, -0.05) is 0 Å². The standard InChI is InChI=1S/C13H16O3/c1-13(15)8-10(13)7-12(14)9-3-5-11(16-2)6-4-9/h3-6,10,15H,7-8H2,1-2H3. The smallest absolute Gasteiger partial charge is 0.163 e. The fourth-order valence-corrected chi connectivity index (χ4v) is 1.85. The summed E-state index contributed by atoms with van der Waals surface area (Å²) in [5.74, 6) is 0.961. The first-order valence-electron chi connectivity index (χ1n) is 5.42. The molecule has 0 radical (unpaired) electrons. The lowest BCUT2D eigenvalue weighted by molar-refractivity contribution is 0.0941. The van der Waals surface area contributed by atoms with Gasteiger partial charge in [0, 0.05) is 12.0 Å². The van der Waals surface area contributed by atoms with E-state index in [1.54, 1.807) is 38.3 Å². The maximum absolute atomic E-state index is 11.8. The van der Waals surface area contributed by atoms with Crippen LogP contribution in [0.15, 0.2) is 24.3 Å².